The second-order valence-electron chi connectivity index (χ2n) is 9.27. The number of piperidine rings is 1. The quantitative estimate of drug-likeness (QED) is 0.625. The van der Waals surface area contributed by atoms with Gasteiger partial charge in [-0.15, -0.1) is 0 Å². The lowest BCUT2D eigenvalue weighted by Gasteiger charge is -2.32. The number of hydrogen-bond acceptors (Lipinski definition) is 5. The van der Waals surface area contributed by atoms with Crippen molar-refractivity contribution in [3.63, 3.8) is 0 Å². The number of carbonyl (C=O) groups is 2. The summed E-state index contributed by atoms with van der Waals surface area (Å²) < 4.78 is 34.4. The molecule has 2 aliphatic heterocycles. The van der Waals surface area contributed by atoms with Crippen molar-refractivity contribution in [1.29, 1.82) is 0 Å². The fourth-order valence-electron chi connectivity index (χ4n) is 4.77. The van der Waals surface area contributed by atoms with Crippen LogP contribution in [0.2, 0.25) is 0 Å². The average Bonchev–Trinajstić information content (AvgIpc) is 2.84. The molecular formula is C26H33N3O5S. The van der Waals surface area contributed by atoms with Crippen molar-refractivity contribution < 1.29 is 22.7 Å². The molecule has 0 spiro atoms. The number of rotatable bonds is 6. The van der Waals surface area contributed by atoms with E-state index in [1.165, 1.54) is 10.4 Å². The number of hydrogen-bond donors (Lipinski definition) is 2. The molecule has 9 heteroatoms. The van der Waals surface area contributed by atoms with Crippen LogP contribution in [0.15, 0.2) is 35.2 Å². The molecule has 4 rings (SSSR count). The summed E-state index contributed by atoms with van der Waals surface area (Å²) in [5, 5.41) is 5.85. The second kappa shape index (κ2) is 9.99. The van der Waals surface area contributed by atoms with E-state index < -0.39 is 22.0 Å². The maximum Gasteiger partial charge on any atom is 0.265 e. The molecule has 0 radical (unpaired) electrons. The third-order valence-electron chi connectivity index (χ3n) is 6.83. The maximum absolute atomic E-state index is 13.6. The molecule has 2 atom stereocenters. The Morgan fingerprint density at radius 3 is 2.69 bits per heavy atom. The van der Waals surface area contributed by atoms with E-state index in [0.29, 0.717) is 42.8 Å². The lowest BCUT2D eigenvalue weighted by atomic mass is 9.98. The number of amides is 2. The van der Waals surface area contributed by atoms with Crippen LogP contribution in [0.5, 0.6) is 5.75 Å². The summed E-state index contributed by atoms with van der Waals surface area (Å²) in [6, 6.07) is 9.04. The maximum atomic E-state index is 13.6. The van der Waals surface area contributed by atoms with E-state index >= 15 is 0 Å². The standard InChI is InChI=1S/C26H33N3O5S/c1-5-18-10-7-9-16(3)24(18)28-25(30)19-11-8-12-29(15-19)35(32,33)23-14-22-20(13-17(23)4)27-26(31)21(6-2)34-22/h7,9-10,13-14,19,21H,5-6,8,11-12,15H2,1-4H3,(H,27,31)(H,28,30)/t19-,21+/m1/s1. The van der Waals surface area contributed by atoms with Crippen LogP contribution in [0.4, 0.5) is 11.4 Å². The lowest BCUT2D eigenvalue weighted by Crippen LogP contribution is -2.44. The number of para-hydroxylation sites is 1. The first-order valence-electron chi connectivity index (χ1n) is 12.2. The SMILES string of the molecule is CCc1cccc(C)c1NC(=O)[C@@H]1CCCN(S(=O)(=O)c2cc3c(cc2C)NC(=O)[C@H](CC)O3)C1. The van der Waals surface area contributed by atoms with E-state index in [-0.39, 0.29) is 23.3 Å². The molecule has 2 N–H and O–H groups in total. The van der Waals surface area contributed by atoms with E-state index in [9.17, 15) is 18.0 Å². The van der Waals surface area contributed by atoms with Gasteiger partial charge < -0.3 is 15.4 Å². The fraction of sp³-hybridized carbons (Fsp3) is 0.462. The summed E-state index contributed by atoms with van der Waals surface area (Å²) in [6.07, 6.45) is 1.84. The third kappa shape index (κ3) is 4.92. The van der Waals surface area contributed by atoms with Gasteiger partial charge in [0.1, 0.15) is 5.75 Å². The van der Waals surface area contributed by atoms with Crippen LogP contribution in [0.25, 0.3) is 0 Å². The highest BCUT2D eigenvalue weighted by Crippen LogP contribution is 2.37. The van der Waals surface area contributed by atoms with Crippen LogP contribution >= 0.6 is 0 Å². The van der Waals surface area contributed by atoms with Crippen LogP contribution in [0.3, 0.4) is 0 Å². The number of ether oxygens (including phenoxy) is 1. The smallest absolute Gasteiger partial charge is 0.265 e. The highest BCUT2D eigenvalue weighted by atomic mass is 32.2. The van der Waals surface area contributed by atoms with Gasteiger partial charge in [0, 0.05) is 24.8 Å². The van der Waals surface area contributed by atoms with E-state index in [1.807, 2.05) is 39.0 Å². The first-order chi connectivity index (χ1) is 16.6. The molecule has 35 heavy (non-hydrogen) atoms. The molecule has 0 bridgehead atoms. The normalized spacial score (nSPS) is 20.5. The highest BCUT2D eigenvalue weighted by Gasteiger charge is 2.36. The zero-order valence-electron chi connectivity index (χ0n) is 20.7. The lowest BCUT2D eigenvalue weighted by molar-refractivity contribution is -0.123. The van der Waals surface area contributed by atoms with Gasteiger partial charge in [0.15, 0.2) is 6.10 Å². The number of carbonyl (C=O) groups excluding carboxylic acids is 2. The molecule has 1 saturated heterocycles. The molecule has 0 unspecified atom stereocenters. The molecule has 0 aromatic heterocycles. The number of fused-ring (bicyclic) bond motifs is 1. The molecule has 0 aliphatic carbocycles. The summed E-state index contributed by atoms with van der Waals surface area (Å²) in [4.78, 5) is 25.4. The van der Waals surface area contributed by atoms with Crippen LogP contribution in [-0.4, -0.2) is 43.7 Å². The molecule has 188 valence electrons. The van der Waals surface area contributed by atoms with Gasteiger partial charge in [-0.2, -0.15) is 4.31 Å². The Kier molecular flexibility index (Phi) is 7.19. The number of sulfonamides is 1. The van der Waals surface area contributed by atoms with Crippen molar-refractivity contribution in [3.8, 4) is 5.75 Å². The predicted molar refractivity (Wildman–Crippen MR) is 135 cm³/mol. The van der Waals surface area contributed by atoms with E-state index in [0.717, 1.165) is 23.2 Å². The summed E-state index contributed by atoms with van der Waals surface area (Å²) in [5.74, 6) is -0.493. The van der Waals surface area contributed by atoms with E-state index in [4.69, 9.17) is 4.74 Å². The number of anilines is 2. The number of benzene rings is 2. The van der Waals surface area contributed by atoms with Gasteiger partial charge in [-0.3, -0.25) is 9.59 Å². The van der Waals surface area contributed by atoms with Crippen LogP contribution in [0.1, 0.15) is 49.8 Å². The minimum Gasteiger partial charge on any atom is -0.478 e. The number of nitrogens with zero attached hydrogens (tertiary/aromatic N) is 1. The highest BCUT2D eigenvalue weighted by molar-refractivity contribution is 7.89. The molecule has 2 aliphatic rings. The molecule has 0 saturated carbocycles. The minimum atomic E-state index is -3.86. The predicted octanol–water partition coefficient (Wildman–Crippen LogP) is 4.01. The summed E-state index contributed by atoms with van der Waals surface area (Å²) in [5.41, 5.74) is 3.84. The van der Waals surface area contributed by atoms with E-state index in [2.05, 4.69) is 10.6 Å². The van der Waals surface area contributed by atoms with Crippen molar-refractivity contribution >= 4 is 33.2 Å². The van der Waals surface area contributed by atoms with Gasteiger partial charge in [0.2, 0.25) is 15.9 Å². The van der Waals surface area contributed by atoms with Gasteiger partial charge in [-0.1, -0.05) is 32.0 Å². The minimum absolute atomic E-state index is 0.118. The Morgan fingerprint density at radius 1 is 1.20 bits per heavy atom. The average molecular weight is 500 g/mol. The van der Waals surface area contributed by atoms with Crippen molar-refractivity contribution in [2.75, 3.05) is 23.7 Å². The van der Waals surface area contributed by atoms with Crippen LogP contribution in [0, 0.1) is 19.8 Å². The molecule has 1 fully saturated rings. The van der Waals surface area contributed by atoms with Crippen molar-refractivity contribution in [2.45, 2.75) is 64.4 Å². The molecule has 2 amide bonds. The fourth-order valence-corrected chi connectivity index (χ4v) is 6.52. The third-order valence-corrected chi connectivity index (χ3v) is 8.84. The Morgan fingerprint density at radius 2 is 1.97 bits per heavy atom. The molecule has 2 aromatic carbocycles. The zero-order chi connectivity index (χ0) is 25.3. The summed E-state index contributed by atoms with van der Waals surface area (Å²) in [6.45, 7) is 8.00. The van der Waals surface area contributed by atoms with Gasteiger partial charge >= 0.3 is 0 Å². The Labute approximate surface area is 207 Å². The number of aryl methyl sites for hydroxylation is 3. The molecule has 2 heterocycles. The molecule has 2 aromatic rings. The largest absolute Gasteiger partial charge is 0.478 e. The zero-order valence-corrected chi connectivity index (χ0v) is 21.5. The Balaban J connectivity index is 1.56. The molecule has 8 nitrogen and oxygen atoms in total. The summed E-state index contributed by atoms with van der Waals surface area (Å²) in [7, 11) is -3.86. The first kappa shape index (κ1) is 25.2. The van der Waals surface area contributed by atoms with Crippen molar-refractivity contribution in [3.05, 3.63) is 47.0 Å². The van der Waals surface area contributed by atoms with Crippen molar-refractivity contribution in [2.24, 2.45) is 5.92 Å². The molecular weight excluding hydrogens is 466 g/mol. The summed E-state index contributed by atoms with van der Waals surface area (Å²) >= 11 is 0. The van der Waals surface area contributed by atoms with Crippen LogP contribution < -0.4 is 15.4 Å². The van der Waals surface area contributed by atoms with Gasteiger partial charge in [0.25, 0.3) is 5.91 Å². The van der Waals surface area contributed by atoms with Crippen molar-refractivity contribution in [1.82, 2.24) is 4.31 Å². The number of nitrogens with one attached hydrogen (secondary N) is 2. The first-order valence-corrected chi connectivity index (χ1v) is 13.6. The van der Waals surface area contributed by atoms with Gasteiger partial charge in [-0.05, 0) is 62.3 Å². The van der Waals surface area contributed by atoms with Gasteiger partial charge in [0.05, 0.1) is 16.5 Å². The monoisotopic (exact) mass is 499 g/mol. The second-order valence-corrected chi connectivity index (χ2v) is 11.2. The Hall–Kier alpha value is -2.91. The Bertz CT molecular complexity index is 1260. The van der Waals surface area contributed by atoms with E-state index in [1.54, 1.807) is 13.0 Å². The van der Waals surface area contributed by atoms with Crippen LogP contribution in [-0.2, 0) is 26.0 Å². The van der Waals surface area contributed by atoms with Gasteiger partial charge in [-0.25, -0.2) is 8.42 Å². The topological polar surface area (TPSA) is 105 Å².